The molecule has 8 heteroatoms. The van der Waals surface area contributed by atoms with Crippen molar-refractivity contribution in [2.24, 2.45) is 0 Å². The van der Waals surface area contributed by atoms with Crippen molar-refractivity contribution in [1.29, 1.82) is 0 Å². The molecule has 0 unspecified atom stereocenters. The number of halogens is 4. The molecule has 0 bridgehead atoms. The van der Waals surface area contributed by atoms with Crippen molar-refractivity contribution in [3.05, 3.63) is 15.7 Å². The number of nitrogens with two attached hydrogens (primary N) is 1. The monoisotopic (exact) mass is 344 g/mol. The molecule has 1 heterocycles. The molecule has 0 aliphatic rings. The van der Waals surface area contributed by atoms with Crippen LogP contribution in [0.15, 0.2) is 16.7 Å². The molecule has 1 aromatic heterocycles. The second kappa shape index (κ2) is 3.68. The zero-order valence-corrected chi connectivity index (χ0v) is 9.67. The topological polar surface area (TPSA) is 61.3 Å². The molecular weight excluding hydrogens is 340 g/mol. The molecule has 2 rings (SSSR count). The average molecular weight is 344 g/mol. The number of fused-ring (bicyclic) bond motifs is 1. The van der Waals surface area contributed by atoms with Crippen LogP contribution in [-0.2, 0) is 0 Å². The van der Waals surface area contributed by atoms with E-state index in [1.54, 1.807) is 0 Å². The van der Waals surface area contributed by atoms with Crippen LogP contribution in [0.4, 0.5) is 19.0 Å². The number of rotatable bonds is 1. The van der Waals surface area contributed by atoms with E-state index >= 15 is 0 Å². The summed E-state index contributed by atoms with van der Waals surface area (Å²) in [6.07, 6.45) is -4.77. The fourth-order valence-electron chi connectivity index (χ4n) is 1.22. The normalized spacial score (nSPS) is 12.0. The smallest absolute Gasteiger partial charge is 0.405 e. The number of benzene rings is 1. The Hall–Kier alpha value is -1.19. The Morgan fingerprint density at radius 2 is 2.06 bits per heavy atom. The minimum absolute atomic E-state index is 0.0317. The predicted octanol–water partition coefficient (Wildman–Crippen LogP) is 2.91. The second-order valence-electron chi connectivity index (χ2n) is 2.87. The van der Waals surface area contributed by atoms with E-state index in [2.05, 4.69) is 9.89 Å². The van der Waals surface area contributed by atoms with Crippen LogP contribution in [0.5, 0.6) is 5.75 Å². The average Bonchev–Trinajstić information content (AvgIpc) is 2.52. The highest BCUT2D eigenvalue weighted by atomic mass is 127. The van der Waals surface area contributed by atoms with Crippen LogP contribution in [-0.4, -0.2) is 11.5 Å². The van der Waals surface area contributed by atoms with Crippen LogP contribution in [0.2, 0.25) is 0 Å². The molecule has 2 aromatic rings. The molecule has 4 nitrogen and oxygen atoms in total. The van der Waals surface area contributed by atoms with Crippen LogP contribution in [0, 0.1) is 3.57 Å². The maximum atomic E-state index is 12.1. The van der Waals surface area contributed by atoms with Gasteiger partial charge in [0.05, 0.1) is 3.57 Å². The lowest BCUT2D eigenvalue weighted by Crippen LogP contribution is -2.17. The summed E-state index contributed by atoms with van der Waals surface area (Å²) < 4.78 is 45.5. The lowest BCUT2D eigenvalue weighted by Gasteiger charge is -2.09. The lowest BCUT2D eigenvalue weighted by atomic mass is 10.2. The molecular formula is C8H4F3IN2O2. The Bertz CT molecular complexity index is 538. The van der Waals surface area contributed by atoms with Gasteiger partial charge in [-0.25, -0.2) is 0 Å². The fraction of sp³-hybridized carbons (Fsp3) is 0.125. The van der Waals surface area contributed by atoms with Gasteiger partial charge < -0.3 is 15.0 Å². The molecule has 0 spiro atoms. The van der Waals surface area contributed by atoms with Crippen molar-refractivity contribution in [2.45, 2.75) is 6.36 Å². The Kier molecular flexibility index (Phi) is 2.60. The summed E-state index contributed by atoms with van der Waals surface area (Å²) in [6.45, 7) is 0. The van der Waals surface area contributed by atoms with Crippen molar-refractivity contribution >= 4 is 39.4 Å². The van der Waals surface area contributed by atoms with Gasteiger partial charge in [-0.2, -0.15) is 0 Å². The number of ether oxygens (including phenoxy) is 1. The van der Waals surface area contributed by atoms with Crippen LogP contribution in [0.1, 0.15) is 0 Å². The van der Waals surface area contributed by atoms with E-state index in [1.807, 2.05) is 22.6 Å². The molecule has 0 atom stereocenters. The van der Waals surface area contributed by atoms with Crippen LogP contribution >= 0.6 is 22.6 Å². The number of hydrogen-bond donors (Lipinski definition) is 1. The van der Waals surface area contributed by atoms with E-state index in [4.69, 9.17) is 10.3 Å². The standard InChI is InChI=1S/C8H4F3IN2O2/c9-8(10,11)15-4-2-1-3(12)6-5(4)7(13)14-16-6/h1-2H,(H2,13,14). The summed E-state index contributed by atoms with van der Waals surface area (Å²) in [4.78, 5) is 0. The van der Waals surface area contributed by atoms with E-state index in [0.717, 1.165) is 0 Å². The van der Waals surface area contributed by atoms with Crippen molar-refractivity contribution in [3.8, 4) is 5.75 Å². The Morgan fingerprint density at radius 3 is 2.69 bits per heavy atom. The third-order valence-electron chi connectivity index (χ3n) is 1.79. The van der Waals surface area contributed by atoms with Gasteiger partial charge in [-0.1, -0.05) is 5.16 Å². The summed E-state index contributed by atoms with van der Waals surface area (Å²) in [7, 11) is 0. The molecule has 2 N–H and O–H groups in total. The molecule has 1 aromatic carbocycles. The maximum absolute atomic E-state index is 12.1. The third-order valence-corrected chi connectivity index (χ3v) is 2.64. The van der Waals surface area contributed by atoms with E-state index in [-0.39, 0.29) is 16.8 Å². The number of aromatic nitrogens is 1. The Labute approximate surface area is 101 Å². The first-order valence-corrected chi connectivity index (χ1v) is 5.05. The van der Waals surface area contributed by atoms with Gasteiger partial charge in [-0.3, -0.25) is 0 Å². The van der Waals surface area contributed by atoms with Gasteiger partial charge in [0.1, 0.15) is 11.1 Å². The SMILES string of the molecule is Nc1noc2c(I)ccc(OC(F)(F)F)c12. The first-order chi connectivity index (χ1) is 7.38. The molecule has 0 aliphatic heterocycles. The van der Waals surface area contributed by atoms with Gasteiger partial charge in [-0.15, -0.1) is 13.2 Å². The van der Waals surface area contributed by atoms with Crippen molar-refractivity contribution < 1.29 is 22.4 Å². The van der Waals surface area contributed by atoms with Gasteiger partial charge in [-0.05, 0) is 34.7 Å². The highest BCUT2D eigenvalue weighted by Gasteiger charge is 2.33. The van der Waals surface area contributed by atoms with Gasteiger partial charge in [0.15, 0.2) is 11.4 Å². The summed E-state index contributed by atoms with van der Waals surface area (Å²) >= 11 is 1.90. The molecule has 0 amide bonds. The Balaban J connectivity index is 2.62. The van der Waals surface area contributed by atoms with Gasteiger partial charge in [0, 0.05) is 0 Å². The first-order valence-electron chi connectivity index (χ1n) is 3.97. The maximum Gasteiger partial charge on any atom is 0.573 e. The number of hydrogen-bond acceptors (Lipinski definition) is 4. The Morgan fingerprint density at radius 1 is 1.38 bits per heavy atom. The zero-order valence-electron chi connectivity index (χ0n) is 7.51. The summed E-state index contributed by atoms with van der Waals surface area (Å²) in [5.41, 5.74) is 5.59. The van der Waals surface area contributed by atoms with Crippen LogP contribution in [0.25, 0.3) is 11.0 Å². The minimum Gasteiger partial charge on any atom is -0.405 e. The van der Waals surface area contributed by atoms with Gasteiger partial charge in [0.25, 0.3) is 0 Å². The van der Waals surface area contributed by atoms with Crippen molar-refractivity contribution in [1.82, 2.24) is 5.16 Å². The second-order valence-corrected chi connectivity index (χ2v) is 4.03. The molecule has 0 saturated carbocycles. The molecule has 16 heavy (non-hydrogen) atoms. The predicted molar refractivity (Wildman–Crippen MR) is 57.8 cm³/mol. The largest absolute Gasteiger partial charge is 0.573 e. The number of nitrogens with zero attached hydrogens (tertiary/aromatic N) is 1. The van der Waals surface area contributed by atoms with Gasteiger partial charge >= 0.3 is 6.36 Å². The first kappa shape index (κ1) is 11.3. The fourth-order valence-corrected chi connectivity index (χ4v) is 1.77. The molecule has 0 saturated heterocycles. The van der Waals surface area contributed by atoms with E-state index in [1.165, 1.54) is 12.1 Å². The van der Waals surface area contributed by atoms with E-state index in [0.29, 0.717) is 3.57 Å². The number of anilines is 1. The van der Waals surface area contributed by atoms with Gasteiger partial charge in [0.2, 0.25) is 0 Å². The lowest BCUT2D eigenvalue weighted by molar-refractivity contribution is -0.274. The van der Waals surface area contributed by atoms with Crippen LogP contribution < -0.4 is 10.5 Å². The highest BCUT2D eigenvalue weighted by Crippen LogP contribution is 2.36. The number of nitrogen functional groups attached to an aromatic ring is 1. The summed E-state index contributed by atoms with van der Waals surface area (Å²) in [6, 6.07) is 2.60. The summed E-state index contributed by atoms with van der Waals surface area (Å²) in [5, 5.41) is 3.43. The minimum atomic E-state index is -4.77. The number of alkyl halides is 3. The summed E-state index contributed by atoms with van der Waals surface area (Å²) in [5.74, 6) is -0.547. The van der Waals surface area contributed by atoms with Crippen LogP contribution in [0.3, 0.4) is 0 Å². The van der Waals surface area contributed by atoms with Crippen molar-refractivity contribution in [2.75, 3.05) is 5.73 Å². The third kappa shape index (κ3) is 2.01. The molecule has 0 radical (unpaired) electrons. The van der Waals surface area contributed by atoms with E-state index in [9.17, 15) is 13.2 Å². The highest BCUT2D eigenvalue weighted by molar-refractivity contribution is 14.1. The quantitative estimate of drug-likeness (QED) is 0.809. The molecule has 0 aliphatic carbocycles. The molecule has 0 fully saturated rings. The van der Waals surface area contributed by atoms with Crippen molar-refractivity contribution in [3.63, 3.8) is 0 Å². The molecule has 86 valence electrons. The zero-order chi connectivity index (χ0) is 11.9. The van der Waals surface area contributed by atoms with E-state index < -0.39 is 12.1 Å².